The van der Waals surface area contributed by atoms with E-state index in [0.717, 1.165) is 5.69 Å². The van der Waals surface area contributed by atoms with Crippen LogP contribution in [0.1, 0.15) is 49.8 Å². The lowest BCUT2D eigenvalue weighted by Crippen LogP contribution is -2.39. The molecule has 1 aliphatic heterocycles. The number of hydrogen-bond donors (Lipinski definition) is 1. The van der Waals surface area contributed by atoms with Crippen molar-refractivity contribution >= 4 is 11.8 Å². The molecular weight excluding hydrogens is 216 g/mol. The Kier molecular flexibility index (Phi) is 3.22. The van der Waals surface area contributed by atoms with E-state index in [9.17, 15) is 9.59 Å². The molecule has 1 unspecified atom stereocenters. The van der Waals surface area contributed by atoms with Gasteiger partial charge in [0.25, 0.3) is 0 Å². The van der Waals surface area contributed by atoms with Gasteiger partial charge < -0.3 is 0 Å². The molecule has 1 aromatic heterocycles. The fourth-order valence-electron chi connectivity index (χ4n) is 1.99. The van der Waals surface area contributed by atoms with Gasteiger partial charge in [-0.15, -0.1) is 0 Å². The summed E-state index contributed by atoms with van der Waals surface area (Å²) in [4.78, 5) is 27.0. The van der Waals surface area contributed by atoms with Crippen molar-refractivity contribution in [2.45, 2.75) is 38.5 Å². The van der Waals surface area contributed by atoms with Crippen LogP contribution in [0.3, 0.4) is 0 Å². The maximum atomic E-state index is 11.7. The number of imide groups is 1. The minimum atomic E-state index is -0.286. The largest absolute Gasteiger partial charge is 0.296 e. The van der Waals surface area contributed by atoms with Crippen molar-refractivity contribution in [1.29, 1.82) is 0 Å². The van der Waals surface area contributed by atoms with Crippen LogP contribution in [0.25, 0.3) is 0 Å². The van der Waals surface area contributed by atoms with Gasteiger partial charge in [-0.3, -0.25) is 19.9 Å². The summed E-state index contributed by atoms with van der Waals surface area (Å²) >= 11 is 0. The van der Waals surface area contributed by atoms with Gasteiger partial charge in [0.2, 0.25) is 11.8 Å². The van der Waals surface area contributed by atoms with Crippen molar-refractivity contribution in [2.75, 3.05) is 0 Å². The number of rotatable bonds is 2. The first-order valence-electron chi connectivity index (χ1n) is 5.87. The molecule has 1 N–H and O–H groups in total. The van der Waals surface area contributed by atoms with E-state index in [1.165, 1.54) is 5.56 Å². The smallest absolute Gasteiger partial charge is 0.235 e. The molecule has 0 spiro atoms. The Morgan fingerprint density at radius 1 is 1.41 bits per heavy atom. The van der Waals surface area contributed by atoms with Crippen LogP contribution >= 0.6 is 0 Å². The van der Waals surface area contributed by atoms with Crippen molar-refractivity contribution < 1.29 is 9.59 Å². The number of piperidine rings is 1. The summed E-state index contributed by atoms with van der Waals surface area (Å²) in [6, 6.07) is 3.92. The summed E-state index contributed by atoms with van der Waals surface area (Å²) in [7, 11) is 0. The number of carbonyl (C=O) groups is 2. The lowest BCUT2D eigenvalue weighted by atomic mass is 9.92. The summed E-state index contributed by atoms with van der Waals surface area (Å²) in [5.74, 6) is -0.294. The predicted molar refractivity (Wildman–Crippen MR) is 63.5 cm³/mol. The van der Waals surface area contributed by atoms with Crippen molar-refractivity contribution in [3.05, 3.63) is 29.6 Å². The maximum absolute atomic E-state index is 11.7. The zero-order valence-corrected chi connectivity index (χ0v) is 10.1. The first-order valence-corrected chi connectivity index (χ1v) is 5.87. The normalized spacial score (nSPS) is 20.5. The molecule has 1 aliphatic rings. The molecule has 17 heavy (non-hydrogen) atoms. The molecule has 0 bridgehead atoms. The van der Waals surface area contributed by atoms with E-state index in [1.807, 2.05) is 12.1 Å². The number of pyridine rings is 1. The molecular formula is C13H16N2O2. The van der Waals surface area contributed by atoms with Gasteiger partial charge in [-0.25, -0.2) is 0 Å². The summed E-state index contributed by atoms with van der Waals surface area (Å²) in [6.07, 6.45) is 2.68. The molecule has 4 heteroatoms. The highest BCUT2D eigenvalue weighted by molar-refractivity contribution is 6.00. The summed E-state index contributed by atoms with van der Waals surface area (Å²) < 4.78 is 0. The third-order valence-electron chi connectivity index (χ3n) is 3.07. The van der Waals surface area contributed by atoms with Gasteiger partial charge in [0.1, 0.15) is 0 Å². The quantitative estimate of drug-likeness (QED) is 0.790. The topological polar surface area (TPSA) is 59.1 Å². The molecule has 2 rings (SSSR count). The first kappa shape index (κ1) is 11.8. The second-order valence-corrected chi connectivity index (χ2v) is 4.67. The number of hydrogen-bond acceptors (Lipinski definition) is 3. The van der Waals surface area contributed by atoms with E-state index >= 15 is 0 Å². The van der Waals surface area contributed by atoms with E-state index in [2.05, 4.69) is 24.1 Å². The third kappa shape index (κ3) is 2.52. The molecule has 0 aromatic carbocycles. The standard InChI is InChI=1S/C13H16N2O2/c1-8(2)9-5-6-14-11(7-9)10-3-4-12(16)15-13(10)17/h5-8,10H,3-4H2,1-2H3,(H,15,16,17). The Morgan fingerprint density at radius 3 is 2.82 bits per heavy atom. The monoisotopic (exact) mass is 232 g/mol. The van der Waals surface area contributed by atoms with E-state index < -0.39 is 0 Å². The Labute approximate surface area is 100 Å². The van der Waals surface area contributed by atoms with Crippen molar-refractivity contribution in [3.63, 3.8) is 0 Å². The van der Waals surface area contributed by atoms with Crippen LogP contribution in [0.4, 0.5) is 0 Å². The van der Waals surface area contributed by atoms with E-state index in [-0.39, 0.29) is 17.7 Å². The number of nitrogens with one attached hydrogen (secondary N) is 1. The highest BCUT2D eigenvalue weighted by Crippen LogP contribution is 2.25. The van der Waals surface area contributed by atoms with Gasteiger partial charge in [0, 0.05) is 12.6 Å². The Bertz CT molecular complexity index is 454. The van der Waals surface area contributed by atoms with Crippen molar-refractivity contribution in [1.82, 2.24) is 10.3 Å². The van der Waals surface area contributed by atoms with Crippen LogP contribution in [0.15, 0.2) is 18.3 Å². The van der Waals surface area contributed by atoms with Crippen LogP contribution in [-0.4, -0.2) is 16.8 Å². The Morgan fingerprint density at radius 2 is 2.18 bits per heavy atom. The van der Waals surface area contributed by atoms with Crippen LogP contribution < -0.4 is 5.32 Å². The molecule has 1 fully saturated rings. The van der Waals surface area contributed by atoms with Gasteiger partial charge in [-0.1, -0.05) is 13.8 Å². The van der Waals surface area contributed by atoms with Gasteiger partial charge in [-0.2, -0.15) is 0 Å². The SMILES string of the molecule is CC(C)c1ccnc(C2CCC(=O)NC2=O)c1. The second-order valence-electron chi connectivity index (χ2n) is 4.67. The Hall–Kier alpha value is -1.71. The molecule has 2 amide bonds. The fourth-order valence-corrected chi connectivity index (χ4v) is 1.99. The maximum Gasteiger partial charge on any atom is 0.235 e. The average Bonchev–Trinajstić information content (AvgIpc) is 2.29. The van der Waals surface area contributed by atoms with Gasteiger partial charge in [0.15, 0.2) is 0 Å². The Balaban J connectivity index is 2.25. The van der Waals surface area contributed by atoms with Crippen LogP contribution in [0.5, 0.6) is 0 Å². The highest BCUT2D eigenvalue weighted by Gasteiger charge is 2.29. The number of aromatic nitrogens is 1. The van der Waals surface area contributed by atoms with Crippen molar-refractivity contribution in [3.8, 4) is 0 Å². The van der Waals surface area contributed by atoms with Gasteiger partial charge >= 0.3 is 0 Å². The molecule has 0 aliphatic carbocycles. The summed E-state index contributed by atoms with van der Waals surface area (Å²) in [5, 5.41) is 2.36. The molecule has 0 radical (unpaired) electrons. The average molecular weight is 232 g/mol. The fraction of sp³-hybridized carbons (Fsp3) is 0.462. The number of carbonyl (C=O) groups excluding carboxylic acids is 2. The van der Waals surface area contributed by atoms with Gasteiger partial charge in [0.05, 0.1) is 11.6 Å². The lowest BCUT2D eigenvalue weighted by Gasteiger charge is -2.20. The lowest BCUT2D eigenvalue weighted by molar-refractivity contribution is -0.134. The van der Waals surface area contributed by atoms with E-state index in [4.69, 9.17) is 0 Å². The highest BCUT2D eigenvalue weighted by atomic mass is 16.2. The molecule has 1 atom stereocenters. The molecule has 0 saturated carbocycles. The van der Waals surface area contributed by atoms with Gasteiger partial charge in [-0.05, 0) is 30.0 Å². The van der Waals surface area contributed by atoms with Crippen LogP contribution in [-0.2, 0) is 9.59 Å². The van der Waals surface area contributed by atoms with Crippen LogP contribution in [0.2, 0.25) is 0 Å². The molecule has 1 saturated heterocycles. The van der Waals surface area contributed by atoms with E-state index in [1.54, 1.807) is 6.20 Å². The molecule has 90 valence electrons. The van der Waals surface area contributed by atoms with E-state index in [0.29, 0.717) is 18.8 Å². The van der Waals surface area contributed by atoms with Crippen LogP contribution in [0, 0.1) is 0 Å². The second kappa shape index (κ2) is 4.65. The zero-order valence-electron chi connectivity index (χ0n) is 10.1. The summed E-state index contributed by atoms with van der Waals surface area (Å²) in [5.41, 5.74) is 1.93. The number of nitrogens with zero attached hydrogens (tertiary/aromatic N) is 1. The third-order valence-corrected chi connectivity index (χ3v) is 3.07. The zero-order chi connectivity index (χ0) is 12.4. The minimum Gasteiger partial charge on any atom is -0.296 e. The molecule has 1 aromatic rings. The predicted octanol–water partition coefficient (Wildman–Crippen LogP) is 1.73. The number of amides is 2. The van der Waals surface area contributed by atoms with Crippen molar-refractivity contribution in [2.24, 2.45) is 0 Å². The summed E-state index contributed by atoms with van der Waals surface area (Å²) in [6.45, 7) is 4.20. The first-order chi connectivity index (χ1) is 8.08. The molecule has 4 nitrogen and oxygen atoms in total. The molecule has 2 heterocycles. The minimum absolute atomic E-state index is 0.189.